The van der Waals surface area contributed by atoms with Crippen molar-refractivity contribution in [3.05, 3.63) is 35.5 Å². The minimum atomic E-state index is -4.44. The fourth-order valence-corrected chi connectivity index (χ4v) is 4.01. The van der Waals surface area contributed by atoms with Crippen LogP contribution < -0.4 is 5.32 Å². The number of nitrogens with one attached hydrogen (secondary N) is 2. The lowest BCUT2D eigenvalue weighted by Gasteiger charge is -2.29. The average Bonchev–Trinajstić information content (AvgIpc) is 3.15. The summed E-state index contributed by atoms with van der Waals surface area (Å²) in [5.74, 6) is 1.24. The molecule has 154 valence electrons. The standard InChI is InChI=1S/C20H23F3N6/c1-12-8-17(24-9-13-4-3-7-29(2)11-13)26-28-18(12)14-5-6-16(20(21,22)23)15-10-25-27-19(14)15/h5-6,8,10,13H,3-4,7,9,11H2,1-2H3,(H,24,26)(H,25,27)/t13-/m0/s1. The number of aromatic nitrogens is 4. The van der Waals surface area contributed by atoms with Crippen molar-refractivity contribution in [3.8, 4) is 11.3 Å². The molecule has 2 aromatic heterocycles. The van der Waals surface area contributed by atoms with E-state index in [0.717, 1.165) is 31.3 Å². The van der Waals surface area contributed by atoms with Crippen molar-refractivity contribution >= 4 is 16.7 Å². The van der Waals surface area contributed by atoms with Crippen molar-refractivity contribution in [2.45, 2.75) is 25.9 Å². The lowest BCUT2D eigenvalue weighted by molar-refractivity contribution is -0.136. The van der Waals surface area contributed by atoms with Gasteiger partial charge in [-0.2, -0.15) is 18.3 Å². The average molecular weight is 404 g/mol. The summed E-state index contributed by atoms with van der Waals surface area (Å²) in [5, 5.41) is 18.4. The highest BCUT2D eigenvalue weighted by atomic mass is 19.4. The Hall–Kier alpha value is -2.68. The summed E-state index contributed by atoms with van der Waals surface area (Å²) in [5.41, 5.74) is 1.51. The Balaban J connectivity index is 1.58. The summed E-state index contributed by atoms with van der Waals surface area (Å²) in [4.78, 5) is 2.33. The third-order valence-corrected chi connectivity index (χ3v) is 5.45. The minimum Gasteiger partial charge on any atom is -0.368 e. The van der Waals surface area contributed by atoms with Gasteiger partial charge in [0.25, 0.3) is 0 Å². The molecule has 2 N–H and O–H groups in total. The normalized spacial score (nSPS) is 18.3. The van der Waals surface area contributed by atoms with Gasteiger partial charge in [0.15, 0.2) is 0 Å². The van der Waals surface area contributed by atoms with E-state index in [1.165, 1.54) is 25.1 Å². The van der Waals surface area contributed by atoms with Crippen molar-refractivity contribution in [1.29, 1.82) is 0 Å². The van der Waals surface area contributed by atoms with Crippen LogP contribution >= 0.6 is 0 Å². The number of nitrogens with zero attached hydrogens (tertiary/aromatic N) is 4. The number of fused-ring (bicyclic) bond motifs is 1. The molecule has 29 heavy (non-hydrogen) atoms. The van der Waals surface area contributed by atoms with Crippen LogP contribution in [0.2, 0.25) is 0 Å². The quantitative estimate of drug-likeness (QED) is 0.685. The summed E-state index contributed by atoms with van der Waals surface area (Å²) in [6, 6.07) is 4.38. The molecule has 0 aliphatic carbocycles. The number of H-pyrrole nitrogens is 1. The molecule has 3 heterocycles. The summed E-state index contributed by atoms with van der Waals surface area (Å²) in [6.45, 7) is 4.90. The van der Waals surface area contributed by atoms with Gasteiger partial charge in [0.05, 0.1) is 23.0 Å². The van der Waals surface area contributed by atoms with E-state index in [9.17, 15) is 13.2 Å². The zero-order valence-corrected chi connectivity index (χ0v) is 16.3. The van der Waals surface area contributed by atoms with Gasteiger partial charge >= 0.3 is 6.18 Å². The maximum atomic E-state index is 13.2. The molecular weight excluding hydrogens is 381 g/mol. The fraction of sp³-hybridized carbons (Fsp3) is 0.450. The van der Waals surface area contributed by atoms with Crippen molar-refractivity contribution in [1.82, 2.24) is 25.3 Å². The lowest BCUT2D eigenvalue weighted by atomic mass is 9.98. The largest absolute Gasteiger partial charge is 0.417 e. The second-order valence-electron chi connectivity index (χ2n) is 7.73. The van der Waals surface area contributed by atoms with Crippen LogP contribution in [0.25, 0.3) is 22.2 Å². The molecule has 4 rings (SSSR count). The number of alkyl halides is 3. The molecule has 0 radical (unpaired) electrons. The first-order valence-corrected chi connectivity index (χ1v) is 9.63. The van der Waals surface area contributed by atoms with Crippen LogP contribution in [0.3, 0.4) is 0 Å². The van der Waals surface area contributed by atoms with Gasteiger partial charge in [-0.3, -0.25) is 5.10 Å². The van der Waals surface area contributed by atoms with Crippen LogP contribution in [0.15, 0.2) is 24.4 Å². The molecule has 0 saturated carbocycles. The number of anilines is 1. The number of piperidine rings is 1. The van der Waals surface area contributed by atoms with Gasteiger partial charge in [0.1, 0.15) is 5.82 Å². The van der Waals surface area contributed by atoms with Gasteiger partial charge in [-0.1, -0.05) is 0 Å². The van der Waals surface area contributed by atoms with E-state index >= 15 is 0 Å². The maximum absolute atomic E-state index is 13.2. The Kier molecular flexibility index (Phi) is 5.16. The van der Waals surface area contributed by atoms with Crippen LogP contribution in [0.5, 0.6) is 0 Å². The van der Waals surface area contributed by atoms with E-state index < -0.39 is 11.7 Å². The van der Waals surface area contributed by atoms with E-state index in [1.54, 1.807) is 0 Å². The van der Waals surface area contributed by atoms with Crippen LogP contribution in [0.1, 0.15) is 24.0 Å². The molecule has 6 nitrogen and oxygen atoms in total. The van der Waals surface area contributed by atoms with Crippen LogP contribution in [-0.4, -0.2) is 52.0 Å². The highest BCUT2D eigenvalue weighted by Gasteiger charge is 2.33. The van der Waals surface area contributed by atoms with Gasteiger partial charge in [-0.05, 0) is 63.0 Å². The van der Waals surface area contributed by atoms with E-state index in [1.807, 2.05) is 13.0 Å². The number of likely N-dealkylation sites (tertiary alicyclic amines) is 1. The Labute approximate surface area is 166 Å². The number of hydrogen-bond acceptors (Lipinski definition) is 5. The molecule has 0 spiro atoms. The van der Waals surface area contributed by atoms with E-state index in [-0.39, 0.29) is 5.39 Å². The van der Waals surface area contributed by atoms with Gasteiger partial charge in [0, 0.05) is 24.0 Å². The number of aromatic amines is 1. The monoisotopic (exact) mass is 404 g/mol. The molecule has 0 amide bonds. The van der Waals surface area contributed by atoms with E-state index in [0.29, 0.717) is 28.5 Å². The zero-order chi connectivity index (χ0) is 20.6. The Morgan fingerprint density at radius 2 is 2.10 bits per heavy atom. The molecule has 1 fully saturated rings. The van der Waals surface area contributed by atoms with Gasteiger partial charge in [-0.15, -0.1) is 10.2 Å². The van der Waals surface area contributed by atoms with Crippen molar-refractivity contribution in [2.75, 3.05) is 32.0 Å². The Morgan fingerprint density at radius 1 is 1.28 bits per heavy atom. The Bertz CT molecular complexity index is 1010. The van der Waals surface area contributed by atoms with Gasteiger partial charge in [-0.25, -0.2) is 0 Å². The molecule has 1 atom stereocenters. The molecular formula is C20H23F3N6. The van der Waals surface area contributed by atoms with Crippen LogP contribution in [-0.2, 0) is 6.18 Å². The smallest absolute Gasteiger partial charge is 0.368 e. The van der Waals surface area contributed by atoms with E-state index in [2.05, 4.69) is 37.7 Å². The SMILES string of the molecule is Cc1cc(NC[C@@H]2CCCN(C)C2)nnc1-c1ccc(C(F)(F)F)c2cn[nH]c12. The number of benzene rings is 1. The number of aryl methyl sites for hydroxylation is 1. The van der Waals surface area contributed by atoms with Crippen LogP contribution in [0, 0.1) is 12.8 Å². The first-order chi connectivity index (χ1) is 13.8. The number of hydrogen-bond donors (Lipinski definition) is 2. The zero-order valence-electron chi connectivity index (χ0n) is 16.3. The van der Waals surface area contributed by atoms with Crippen LogP contribution in [0.4, 0.5) is 19.0 Å². The predicted octanol–water partition coefficient (Wildman–Crippen LogP) is 4.10. The summed E-state index contributed by atoms with van der Waals surface area (Å²) in [6.07, 6.45) is -0.865. The molecule has 0 bridgehead atoms. The minimum absolute atomic E-state index is 0.0276. The molecule has 9 heteroatoms. The molecule has 1 saturated heterocycles. The lowest BCUT2D eigenvalue weighted by Crippen LogP contribution is -2.35. The van der Waals surface area contributed by atoms with Crippen molar-refractivity contribution < 1.29 is 13.2 Å². The molecule has 0 unspecified atom stereocenters. The first-order valence-electron chi connectivity index (χ1n) is 9.63. The second kappa shape index (κ2) is 7.62. The summed E-state index contributed by atoms with van der Waals surface area (Å²) >= 11 is 0. The third kappa shape index (κ3) is 4.05. The third-order valence-electron chi connectivity index (χ3n) is 5.45. The number of rotatable bonds is 4. The topological polar surface area (TPSA) is 69.7 Å². The molecule has 1 aliphatic heterocycles. The second-order valence-corrected chi connectivity index (χ2v) is 7.73. The maximum Gasteiger partial charge on any atom is 0.417 e. The predicted molar refractivity (Wildman–Crippen MR) is 106 cm³/mol. The summed E-state index contributed by atoms with van der Waals surface area (Å²) in [7, 11) is 2.13. The van der Waals surface area contributed by atoms with Gasteiger partial charge in [0.2, 0.25) is 0 Å². The van der Waals surface area contributed by atoms with Crippen molar-refractivity contribution in [2.24, 2.45) is 5.92 Å². The molecule has 1 aliphatic rings. The highest BCUT2D eigenvalue weighted by Crippen LogP contribution is 2.38. The Morgan fingerprint density at radius 3 is 2.83 bits per heavy atom. The first kappa shape index (κ1) is 19.6. The fourth-order valence-electron chi connectivity index (χ4n) is 4.01. The summed E-state index contributed by atoms with van der Waals surface area (Å²) < 4.78 is 39.7. The van der Waals surface area contributed by atoms with Gasteiger partial charge < -0.3 is 10.2 Å². The molecule has 3 aromatic rings. The molecule has 1 aromatic carbocycles. The highest BCUT2D eigenvalue weighted by molar-refractivity contribution is 5.95. The van der Waals surface area contributed by atoms with E-state index in [4.69, 9.17) is 0 Å². The number of halogens is 3. The van der Waals surface area contributed by atoms with Crippen molar-refractivity contribution in [3.63, 3.8) is 0 Å².